The molecule has 172 valence electrons. The van der Waals surface area contributed by atoms with Gasteiger partial charge in [0, 0.05) is 17.7 Å². The van der Waals surface area contributed by atoms with E-state index in [2.05, 4.69) is 10.3 Å². The summed E-state index contributed by atoms with van der Waals surface area (Å²) in [6.07, 6.45) is 7.44. The normalized spacial score (nSPS) is 31.8. The molecule has 4 fully saturated rings. The van der Waals surface area contributed by atoms with Gasteiger partial charge in [-0.3, -0.25) is 4.79 Å². The lowest BCUT2D eigenvalue weighted by Crippen LogP contribution is -2.64. The first kappa shape index (κ1) is 22.6. The second-order valence-electron chi connectivity index (χ2n) is 10.2. The standard InChI is InChI=1S/C23H30N4O4S/c1-22(2,31-17-6-4-5-7-18(17)32(3,29)30)21(26-13-24)27-19-15-8-14-9-16(19)12-23(10-14,11-15)20(25)28/h4-7,14-16,19H,8-12H2,1-3H3,(H2,25,28)(H,26,27). The SMILES string of the molecule is CC(C)(Oc1ccccc1S(C)(=O)=O)/C(=N\C#N)NC1C2CC3CC1CC(C(N)=O)(C3)C2. The quantitative estimate of drug-likeness (QED) is 0.382. The number of ether oxygens (including phenoxy) is 1. The van der Waals surface area contributed by atoms with E-state index in [-0.39, 0.29) is 34.4 Å². The van der Waals surface area contributed by atoms with Crippen LogP contribution in [0.3, 0.4) is 0 Å². The Morgan fingerprint density at radius 1 is 1.25 bits per heavy atom. The van der Waals surface area contributed by atoms with E-state index in [9.17, 15) is 18.5 Å². The van der Waals surface area contributed by atoms with Crippen LogP contribution in [-0.4, -0.2) is 38.1 Å². The van der Waals surface area contributed by atoms with Gasteiger partial charge in [-0.05, 0) is 75.8 Å². The number of benzene rings is 1. The van der Waals surface area contributed by atoms with Gasteiger partial charge in [-0.2, -0.15) is 10.3 Å². The maximum atomic E-state index is 12.2. The van der Waals surface area contributed by atoms with Crippen molar-refractivity contribution in [3.63, 3.8) is 0 Å². The molecule has 2 unspecified atom stereocenters. The maximum Gasteiger partial charge on any atom is 0.223 e. The number of nitrogens with one attached hydrogen (secondary N) is 1. The molecule has 1 aromatic rings. The summed E-state index contributed by atoms with van der Waals surface area (Å²) in [6, 6.07) is 6.51. The van der Waals surface area contributed by atoms with Crippen molar-refractivity contribution in [2.45, 2.75) is 62.5 Å². The average molecular weight is 459 g/mol. The highest BCUT2D eigenvalue weighted by Gasteiger charge is 2.58. The van der Waals surface area contributed by atoms with Gasteiger partial charge in [-0.15, -0.1) is 0 Å². The lowest BCUT2D eigenvalue weighted by atomic mass is 9.47. The molecule has 0 saturated heterocycles. The Morgan fingerprint density at radius 3 is 2.44 bits per heavy atom. The van der Waals surface area contributed by atoms with E-state index in [1.165, 1.54) is 6.07 Å². The van der Waals surface area contributed by atoms with Gasteiger partial charge >= 0.3 is 0 Å². The molecule has 8 nitrogen and oxygen atoms in total. The van der Waals surface area contributed by atoms with E-state index in [1.807, 2.05) is 6.19 Å². The van der Waals surface area contributed by atoms with Gasteiger partial charge in [-0.1, -0.05) is 12.1 Å². The summed E-state index contributed by atoms with van der Waals surface area (Å²) in [6.45, 7) is 3.52. The molecule has 4 aliphatic rings. The van der Waals surface area contributed by atoms with E-state index in [0.29, 0.717) is 11.8 Å². The van der Waals surface area contributed by atoms with Crippen LogP contribution in [0.4, 0.5) is 0 Å². The highest BCUT2D eigenvalue weighted by molar-refractivity contribution is 7.90. The third kappa shape index (κ3) is 3.96. The number of rotatable bonds is 6. The Labute approximate surface area is 189 Å². The summed E-state index contributed by atoms with van der Waals surface area (Å²) < 4.78 is 30.5. The Hall–Kier alpha value is -2.60. The summed E-state index contributed by atoms with van der Waals surface area (Å²) in [4.78, 5) is 16.3. The van der Waals surface area contributed by atoms with Crippen LogP contribution in [-0.2, 0) is 14.6 Å². The molecule has 0 radical (unpaired) electrons. The van der Waals surface area contributed by atoms with E-state index < -0.39 is 20.9 Å². The fourth-order valence-corrected chi connectivity index (χ4v) is 7.08. The Kier molecular flexibility index (Phi) is 5.48. The lowest BCUT2D eigenvalue weighted by molar-refractivity contribution is -0.145. The molecule has 2 atom stereocenters. The molecule has 32 heavy (non-hydrogen) atoms. The number of para-hydroxylation sites is 1. The van der Waals surface area contributed by atoms with Gasteiger partial charge in [0.1, 0.15) is 10.6 Å². The molecular formula is C23H30N4O4S. The van der Waals surface area contributed by atoms with Crippen LogP contribution in [0, 0.1) is 34.6 Å². The fourth-order valence-electron chi connectivity index (χ4n) is 6.27. The van der Waals surface area contributed by atoms with Crippen LogP contribution < -0.4 is 15.8 Å². The molecule has 5 rings (SSSR count). The number of nitriles is 1. The third-order valence-electron chi connectivity index (χ3n) is 7.45. The van der Waals surface area contributed by atoms with Gasteiger partial charge < -0.3 is 15.8 Å². The first-order valence-electron chi connectivity index (χ1n) is 11.0. The molecule has 0 aromatic heterocycles. The van der Waals surface area contributed by atoms with Crippen LogP contribution >= 0.6 is 0 Å². The minimum Gasteiger partial charge on any atom is -0.479 e. The van der Waals surface area contributed by atoms with Crippen LogP contribution in [0.25, 0.3) is 0 Å². The second-order valence-corrected chi connectivity index (χ2v) is 12.2. The van der Waals surface area contributed by atoms with Crippen LogP contribution in [0.2, 0.25) is 0 Å². The molecule has 0 aliphatic heterocycles. The second kappa shape index (κ2) is 7.77. The maximum absolute atomic E-state index is 12.2. The monoisotopic (exact) mass is 458 g/mol. The molecule has 9 heteroatoms. The average Bonchev–Trinajstić information content (AvgIpc) is 2.68. The minimum atomic E-state index is -3.49. The van der Waals surface area contributed by atoms with Gasteiger partial charge in [0.2, 0.25) is 12.1 Å². The van der Waals surface area contributed by atoms with Crippen LogP contribution in [0.15, 0.2) is 34.2 Å². The van der Waals surface area contributed by atoms with E-state index >= 15 is 0 Å². The topological polar surface area (TPSA) is 135 Å². The lowest BCUT2D eigenvalue weighted by Gasteiger charge is -2.59. The predicted octanol–water partition coefficient (Wildman–Crippen LogP) is 2.40. The molecule has 1 amide bonds. The van der Waals surface area contributed by atoms with E-state index in [0.717, 1.165) is 38.4 Å². The van der Waals surface area contributed by atoms with Crippen molar-refractivity contribution in [1.29, 1.82) is 5.26 Å². The molecule has 0 heterocycles. The summed E-state index contributed by atoms with van der Waals surface area (Å²) in [5.74, 6) is 1.44. The number of hydrogen-bond acceptors (Lipinski definition) is 6. The highest BCUT2D eigenvalue weighted by atomic mass is 32.2. The zero-order valence-corrected chi connectivity index (χ0v) is 19.5. The van der Waals surface area contributed by atoms with Gasteiger partial charge in [0.05, 0.1) is 0 Å². The number of nitrogens with two attached hydrogens (primary N) is 1. The Bertz CT molecular complexity index is 1090. The smallest absolute Gasteiger partial charge is 0.223 e. The van der Waals surface area contributed by atoms with Crippen LogP contribution in [0.5, 0.6) is 5.75 Å². The molecule has 3 N–H and O–H groups in total. The number of aliphatic imine (C=N–C) groups is 1. The third-order valence-corrected chi connectivity index (χ3v) is 8.58. The molecule has 0 spiro atoms. The fraction of sp³-hybridized carbons (Fsp3) is 0.609. The Balaban J connectivity index is 1.59. The zero-order chi connectivity index (χ0) is 23.3. The van der Waals surface area contributed by atoms with Crippen molar-refractivity contribution >= 4 is 21.6 Å². The summed E-state index contributed by atoms with van der Waals surface area (Å²) in [7, 11) is -3.49. The minimum absolute atomic E-state index is 0.0687. The van der Waals surface area contributed by atoms with Gasteiger partial charge in [0.25, 0.3) is 0 Å². The largest absolute Gasteiger partial charge is 0.479 e. The van der Waals surface area contributed by atoms with E-state index in [4.69, 9.17) is 10.5 Å². The van der Waals surface area contributed by atoms with Crippen molar-refractivity contribution in [3.8, 4) is 11.9 Å². The number of amides is 1. The number of carbonyl (C=O) groups is 1. The van der Waals surface area contributed by atoms with Gasteiger partial charge in [0.15, 0.2) is 21.3 Å². The number of carbonyl (C=O) groups excluding carboxylic acids is 1. The molecule has 4 bridgehead atoms. The summed E-state index contributed by atoms with van der Waals surface area (Å²) in [5, 5.41) is 12.8. The Morgan fingerprint density at radius 2 is 1.88 bits per heavy atom. The van der Waals surface area contributed by atoms with Gasteiger partial charge in [-0.25, -0.2) is 8.42 Å². The zero-order valence-electron chi connectivity index (χ0n) is 18.7. The number of hydrogen-bond donors (Lipinski definition) is 2. The van der Waals surface area contributed by atoms with Crippen LogP contribution in [0.1, 0.15) is 46.0 Å². The number of nitrogens with zero attached hydrogens (tertiary/aromatic N) is 2. The van der Waals surface area contributed by atoms with Crippen molar-refractivity contribution in [1.82, 2.24) is 5.32 Å². The van der Waals surface area contributed by atoms with E-state index in [1.54, 1.807) is 32.0 Å². The van der Waals surface area contributed by atoms with Crippen molar-refractivity contribution in [3.05, 3.63) is 24.3 Å². The van der Waals surface area contributed by atoms with Crippen molar-refractivity contribution < 1.29 is 17.9 Å². The number of primary amides is 1. The van der Waals surface area contributed by atoms with Crippen molar-refractivity contribution in [2.24, 2.45) is 33.9 Å². The molecule has 4 aliphatic carbocycles. The highest BCUT2D eigenvalue weighted by Crippen LogP contribution is 2.60. The molecule has 1 aromatic carbocycles. The molecule has 4 saturated carbocycles. The first-order valence-corrected chi connectivity index (χ1v) is 12.9. The van der Waals surface area contributed by atoms with Crippen molar-refractivity contribution in [2.75, 3.05) is 6.26 Å². The predicted molar refractivity (Wildman–Crippen MR) is 119 cm³/mol. The summed E-state index contributed by atoms with van der Waals surface area (Å²) in [5.41, 5.74) is 4.32. The summed E-state index contributed by atoms with van der Waals surface area (Å²) >= 11 is 0. The number of sulfone groups is 1. The number of amidine groups is 1. The molecular weight excluding hydrogens is 428 g/mol. The first-order chi connectivity index (χ1) is 14.9.